The van der Waals surface area contributed by atoms with E-state index < -0.39 is 0 Å². The number of nitrogens with zero attached hydrogens (tertiary/aromatic N) is 1. The molecule has 0 radical (unpaired) electrons. The molecular weight excluding hydrogens is 264 g/mol. The van der Waals surface area contributed by atoms with Crippen LogP contribution in [-0.4, -0.2) is 42.6 Å². The van der Waals surface area contributed by atoms with E-state index in [1.54, 1.807) is 7.05 Å². The number of anilines is 2. The average Bonchev–Trinajstić information content (AvgIpc) is 3.25. The van der Waals surface area contributed by atoms with Gasteiger partial charge in [0, 0.05) is 43.1 Å². The molecule has 0 bridgehead atoms. The fourth-order valence-corrected chi connectivity index (χ4v) is 3.15. The Morgan fingerprint density at radius 1 is 1.19 bits per heavy atom. The van der Waals surface area contributed by atoms with Crippen molar-refractivity contribution in [2.24, 2.45) is 0 Å². The minimum Gasteiger partial charge on any atom is -0.381 e. The summed E-state index contributed by atoms with van der Waals surface area (Å²) in [5.74, 6) is 0. The van der Waals surface area contributed by atoms with Gasteiger partial charge < -0.3 is 16.0 Å². The molecule has 0 spiro atoms. The first-order valence-corrected chi connectivity index (χ1v) is 7.77. The van der Waals surface area contributed by atoms with Gasteiger partial charge >= 0.3 is 6.03 Å². The Labute approximate surface area is 126 Å². The zero-order valence-corrected chi connectivity index (χ0v) is 12.7. The van der Waals surface area contributed by atoms with E-state index in [1.165, 1.54) is 19.3 Å². The second-order valence-corrected chi connectivity index (χ2v) is 6.14. The van der Waals surface area contributed by atoms with Crippen LogP contribution in [0.4, 0.5) is 16.2 Å². The Kier molecular flexibility index (Phi) is 4.01. The van der Waals surface area contributed by atoms with Crippen LogP contribution in [0.1, 0.15) is 26.2 Å². The third-order valence-electron chi connectivity index (χ3n) is 4.38. The molecule has 21 heavy (non-hydrogen) atoms. The molecule has 1 saturated carbocycles. The Morgan fingerprint density at radius 3 is 2.48 bits per heavy atom. The molecule has 114 valence electrons. The monoisotopic (exact) mass is 288 g/mol. The number of rotatable bonds is 4. The highest BCUT2D eigenvalue weighted by molar-refractivity contribution is 5.89. The lowest BCUT2D eigenvalue weighted by Crippen LogP contribution is -2.31. The lowest BCUT2D eigenvalue weighted by molar-refractivity contribution is 0.254. The van der Waals surface area contributed by atoms with Crippen LogP contribution in [-0.2, 0) is 0 Å². The van der Waals surface area contributed by atoms with Crippen LogP contribution in [0.3, 0.4) is 0 Å². The summed E-state index contributed by atoms with van der Waals surface area (Å²) in [6.07, 6.45) is 3.95. The van der Waals surface area contributed by atoms with E-state index in [4.69, 9.17) is 0 Å². The van der Waals surface area contributed by atoms with Crippen molar-refractivity contribution < 1.29 is 4.79 Å². The number of carbonyl (C=O) groups is 1. The third-order valence-corrected chi connectivity index (χ3v) is 4.38. The topological polar surface area (TPSA) is 56.4 Å². The predicted molar refractivity (Wildman–Crippen MR) is 85.7 cm³/mol. The number of likely N-dealkylation sites (tertiary alicyclic amines) is 1. The summed E-state index contributed by atoms with van der Waals surface area (Å²) < 4.78 is 0. The average molecular weight is 288 g/mol. The number of urea groups is 1. The van der Waals surface area contributed by atoms with Crippen molar-refractivity contribution >= 4 is 17.4 Å². The molecule has 1 heterocycles. The minimum atomic E-state index is -0.194. The maximum atomic E-state index is 11.2. The Morgan fingerprint density at radius 2 is 1.86 bits per heavy atom. The summed E-state index contributed by atoms with van der Waals surface area (Å²) in [6.45, 7) is 3.47. The molecule has 5 heteroatoms. The summed E-state index contributed by atoms with van der Waals surface area (Å²) in [6, 6.07) is 9.75. The lowest BCUT2D eigenvalue weighted by Gasteiger charge is -2.20. The smallest absolute Gasteiger partial charge is 0.318 e. The fraction of sp³-hybridized carbons (Fsp3) is 0.562. The van der Waals surface area contributed by atoms with Crippen molar-refractivity contribution in [3.63, 3.8) is 0 Å². The van der Waals surface area contributed by atoms with E-state index in [0.717, 1.165) is 24.0 Å². The van der Waals surface area contributed by atoms with Gasteiger partial charge in [-0.15, -0.1) is 0 Å². The van der Waals surface area contributed by atoms with Gasteiger partial charge in [-0.1, -0.05) is 0 Å². The molecule has 1 saturated heterocycles. The van der Waals surface area contributed by atoms with Crippen molar-refractivity contribution in [2.45, 2.75) is 44.3 Å². The van der Waals surface area contributed by atoms with Gasteiger partial charge in [0.1, 0.15) is 0 Å². The second kappa shape index (κ2) is 5.93. The molecule has 2 amide bonds. The van der Waals surface area contributed by atoms with E-state index in [2.05, 4.69) is 27.8 Å². The largest absolute Gasteiger partial charge is 0.381 e. The summed E-state index contributed by atoms with van der Waals surface area (Å²) in [7, 11) is 1.61. The molecule has 3 rings (SSSR count). The van der Waals surface area contributed by atoms with Crippen LogP contribution in [0.5, 0.6) is 0 Å². The standard InChI is InChI=1S/C16H24N4O/c1-11-9-14(10-20(11)15-7-8-15)18-12-3-5-13(6-4-12)19-16(21)17-2/h3-6,11,14-15,18H,7-10H2,1-2H3,(H2,17,19,21). The number of amides is 2. The lowest BCUT2D eigenvalue weighted by atomic mass is 10.2. The molecule has 1 aliphatic carbocycles. The first-order valence-electron chi connectivity index (χ1n) is 7.77. The molecule has 2 atom stereocenters. The number of nitrogens with one attached hydrogen (secondary N) is 3. The molecule has 3 N–H and O–H groups in total. The summed E-state index contributed by atoms with van der Waals surface area (Å²) >= 11 is 0. The van der Waals surface area contributed by atoms with Crippen LogP contribution < -0.4 is 16.0 Å². The summed E-state index contributed by atoms with van der Waals surface area (Å²) in [5, 5.41) is 8.91. The number of hydrogen-bond acceptors (Lipinski definition) is 3. The van der Waals surface area contributed by atoms with E-state index in [0.29, 0.717) is 12.1 Å². The van der Waals surface area contributed by atoms with Gasteiger partial charge in [0.15, 0.2) is 0 Å². The normalized spacial score (nSPS) is 25.6. The molecule has 2 aliphatic rings. The first-order chi connectivity index (χ1) is 10.2. The third kappa shape index (κ3) is 3.47. The van der Waals surface area contributed by atoms with Crippen molar-refractivity contribution in [3.8, 4) is 0 Å². The molecule has 5 nitrogen and oxygen atoms in total. The maximum absolute atomic E-state index is 11.2. The number of benzene rings is 1. The molecule has 1 aliphatic heterocycles. The Hall–Kier alpha value is -1.75. The molecular formula is C16H24N4O. The molecule has 2 unspecified atom stereocenters. The maximum Gasteiger partial charge on any atom is 0.318 e. The number of carbonyl (C=O) groups excluding carboxylic acids is 1. The molecule has 0 aromatic heterocycles. The quantitative estimate of drug-likeness (QED) is 0.798. The van der Waals surface area contributed by atoms with Gasteiger partial charge in [-0.25, -0.2) is 4.79 Å². The van der Waals surface area contributed by atoms with Gasteiger partial charge in [0.25, 0.3) is 0 Å². The van der Waals surface area contributed by atoms with Crippen molar-refractivity contribution in [2.75, 3.05) is 24.2 Å². The van der Waals surface area contributed by atoms with Crippen LogP contribution in [0.15, 0.2) is 24.3 Å². The zero-order chi connectivity index (χ0) is 14.8. The predicted octanol–water partition coefficient (Wildman–Crippen LogP) is 2.48. The zero-order valence-electron chi connectivity index (χ0n) is 12.7. The highest BCUT2D eigenvalue weighted by atomic mass is 16.2. The van der Waals surface area contributed by atoms with Gasteiger partial charge in [-0.05, 0) is 50.5 Å². The molecule has 1 aromatic carbocycles. The van der Waals surface area contributed by atoms with Gasteiger partial charge in [-0.2, -0.15) is 0 Å². The Balaban J connectivity index is 1.54. The van der Waals surface area contributed by atoms with Crippen molar-refractivity contribution in [3.05, 3.63) is 24.3 Å². The van der Waals surface area contributed by atoms with Crippen LogP contribution in [0.25, 0.3) is 0 Å². The van der Waals surface area contributed by atoms with E-state index in [1.807, 2.05) is 24.3 Å². The van der Waals surface area contributed by atoms with E-state index in [-0.39, 0.29) is 6.03 Å². The fourth-order valence-electron chi connectivity index (χ4n) is 3.15. The summed E-state index contributed by atoms with van der Waals surface area (Å²) in [5.41, 5.74) is 1.92. The van der Waals surface area contributed by atoms with Gasteiger partial charge in [-0.3, -0.25) is 4.90 Å². The highest BCUT2D eigenvalue weighted by Crippen LogP contribution is 2.34. The van der Waals surface area contributed by atoms with Crippen LogP contribution >= 0.6 is 0 Å². The Bertz CT molecular complexity index is 498. The first kappa shape index (κ1) is 14.2. The second-order valence-electron chi connectivity index (χ2n) is 6.14. The molecule has 2 fully saturated rings. The van der Waals surface area contributed by atoms with E-state index in [9.17, 15) is 4.79 Å². The molecule has 1 aromatic rings. The summed E-state index contributed by atoms with van der Waals surface area (Å²) in [4.78, 5) is 13.9. The van der Waals surface area contributed by atoms with E-state index >= 15 is 0 Å². The van der Waals surface area contributed by atoms with Crippen molar-refractivity contribution in [1.29, 1.82) is 0 Å². The van der Waals surface area contributed by atoms with Gasteiger partial charge in [0.2, 0.25) is 0 Å². The SMILES string of the molecule is CNC(=O)Nc1ccc(NC2CC(C)N(C3CC3)C2)cc1. The highest BCUT2D eigenvalue weighted by Gasteiger charge is 2.38. The van der Waals surface area contributed by atoms with Crippen LogP contribution in [0, 0.1) is 0 Å². The number of hydrogen-bond donors (Lipinski definition) is 3. The van der Waals surface area contributed by atoms with Crippen molar-refractivity contribution in [1.82, 2.24) is 10.2 Å². The minimum absolute atomic E-state index is 0.194. The van der Waals surface area contributed by atoms with Crippen LogP contribution in [0.2, 0.25) is 0 Å². The van der Waals surface area contributed by atoms with Gasteiger partial charge in [0.05, 0.1) is 0 Å².